The highest BCUT2D eigenvalue weighted by atomic mass is 16.6. The van der Waals surface area contributed by atoms with E-state index in [1.54, 1.807) is 48.5 Å². The molecule has 0 aliphatic carbocycles. The molecule has 3 rings (SSSR count). The normalized spacial score (nSPS) is 22.1. The van der Waals surface area contributed by atoms with Crippen LogP contribution in [0, 0.1) is 0 Å². The third kappa shape index (κ3) is 1.29. The molecule has 2 aromatic rings. The molecule has 1 N–H and O–H groups in total. The van der Waals surface area contributed by atoms with E-state index in [0.717, 1.165) is 0 Å². The van der Waals surface area contributed by atoms with Crippen molar-refractivity contribution in [2.75, 3.05) is 0 Å². The fraction of sp³-hybridized carbons (Fsp3) is 0.0714. The van der Waals surface area contributed by atoms with Crippen molar-refractivity contribution in [2.45, 2.75) is 5.60 Å². The summed E-state index contributed by atoms with van der Waals surface area (Å²) in [6, 6.07) is 15.7. The average molecular weight is 226 g/mol. The lowest BCUT2D eigenvalue weighted by Gasteiger charge is -2.19. The van der Waals surface area contributed by atoms with Gasteiger partial charge in [-0.1, -0.05) is 48.5 Å². The molecule has 2 aromatic carbocycles. The van der Waals surface area contributed by atoms with Crippen molar-refractivity contribution in [1.82, 2.24) is 0 Å². The quantitative estimate of drug-likeness (QED) is 0.596. The van der Waals surface area contributed by atoms with Gasteiger partial charge in [0.2, 0.25) is 5.60 Å². The van der Waals surface area contributed by atoms with E-state index in [2.05, 4.69) is 0 Å². The van der Waals surface area contributed by atoms with Crippen molar-refractivity contribution in [1.29, 1.82) is 0 Å². The zero-order valence-electron chi connectivity index (χ0n) is 8.96. The van der Waals surface area contributed by atoms with E-state index in [1.165, 1.54) is 0 Å². The lowest BCUT2D eigenvalue weighted by Crippen LogP contribution is -2.34. The molecule has 0 bridgehead atoms. The molecule has 1 heterocycles. The largest absolute Gasteiger partial charge is 0.423 e. The minimum Gasteiger partial charge on any atom is -0.423 e. The van der Waals surface area contributed by atoms with Crippen molar-refractivity contribution < 1.29 is 14.6 Å². The number of aliphatic hydroxyl groups is 1. The second-order valence-electron chi connectivity index (χ2n) is 3.96. The Morgan fingerprint density at radius 1 is 0.941 bits per heavy atom. The van der Waals surface area contributed by atoms with Crippen LogP contribution in [-0.4, -0.2) is 11.1 Å². The highest BCUT2D eigenvalue weighted by molar-refractivity contribution is 5.92. The van der Waals surface area contributed by atoms with Gasteiger partial charge in [-0.05, 0) is 11.6 Å². The van der Waals surface area contributed by atoms with Crippen LogP contribution in [0.2, 0.25) is 0 Å². The van der Waals surface area contributed by atoms with Crippen molar-refractivity contribution in [2.24, 2.45) is 0 Å². The number of ether oxygens (including phenoxy) is 1. The Labute approximate surface area is 98.3 Å². The molecule has 1 aliphatic heterocycles. The standard InChI is InChI=1S/C14H10O3/c15-13-14(16,10-6-2-1-3-7-10)11-8-4-5-9-12(11)17-13/h1-9,16H. The first-order valence-electron chi connectivity index (χ1n) is 5.32. The third-order valence-electron chi connectivity index (χ3n) is 2.97. The molecule has 1 atom stereocenters. The van der Waals surface area contributed by atoms with E-state index < -0.39 is 11.6 Å². The van der Waals surface area contributed by atoms with E-state index >= 15 is 0 Å². The number of carbonyl (C=O) groups excluding carboxylic acids is 1. The fourth-order valence-corrected chi connectivity index (χ4v) is 2.09. The summed E-state index contributed by atoms with van der Waals surface area (Å²) in [6.45, 7) is 0. The smallest absolute Gasteiger partial charge is 0.353 e. The van der Waals surface area contributed by atoms with Gasteiger partial charge in [-0.25, -0.2) is 4.79 Å². The SMILES string of the molecule is O=C1Oc2ccccc2C1(O)c1ccccc1. The van der Waals surface area contributed by atoms with Crippen LogP contribution in [0.25, 0.3) is 0 Å². The summed E-state index contributed by atoms with van der Waals surface area (Å²) >= 11 is 0. The van der Waals surface area contributed by atoms with Gasteiger partial charge in [-0.15, -0.1) is 0 Å². The fourth-order valence-electron chi connectivity index (χ4n) is 2.09. The zero-order chi connectivity index (χ0) is 11.9. The summed E-state index contributed by atoms with van der Waals surface area (Å²) in [5, 5.41) is 10.6. The van der Waals surface area contributed by atoms with Gasteiger partial charge < -0.3 is 9.84 Å². The first-order chi connectivity index (χ1) is 8.23. The maximum Gasteiger partial charge on any atom is 0.353 e. The predicted molar refractivity (Wildman–Crippen MR) is 61.5 cm³/mol. The number of fused-ring (bicyclic) bond motifs is 1. The first kappa shape index (κ1) is 10.1. The van der Waals surface area contributed by atoms with Gasteiger partial charge in [0.05, 0.1) is 0 Å². The average Bonchev–Trinajstić information content (AvgIpc) is 2.64. The third-order valence-corrected chi connectivity index (χ3v) is 2.97. The van der Waals surface area contributed by atoms with Crippen LogP contribution in [0.3, 0.4) is 0 Å². The summed E-state index contributed by atoms with van der Waals surface area (Å²) < 4.78 is 5.09. The van der Waals surface area contributed by atoms with Gasteiger partial charge in [0.25, 0.3) is 0 Å². The molecule has 1 aliphatic rings. The number of hydrogen-bond donors (Lipinski definition) is 1. The Morgan fingerprint density at radius 2 is 1.59 bits per heavy atom. The van der Waals surface area contributed by atoms with Crippen molar-refractivity contribution in [3.8, 4) is 5.75 Å². The molecule has 0 radical (unpaired) electrons. The molecule has 0 fully saturated rings. The molecule has 84 valence electrons. The number of carbonyl (C=O) groups is 1. The molecular weight excluding hydrogens is 216 g/mol. The van der Waals surface area contributed by atoms with Gasteiger partial charge in [-0.3, -0.25) is 0 Å². The molecule has 0 saturated heterocycles. The molecule has 0 spiro atoms. The van der Waals surface area contributed by atoms with E-state index in [0.29, 0.717) is 16.9 Å². The number of benzene rings is 2. The minimum atomic E-state index is -1.68. The molecule has 1 unspecified atom stereocenters. The monoisotopic (exact) mass is 226 g/mol. The second-order valence-corrected chi connectivity index (χ2v) is 3.96. The van der Waals surface area contributed by atoms with Gasteiger partial charge in [0.15, 0.2) is 0 Å². The van der Waals surface area contributed by atoms with E-state index in [4.69, 9.17) is 4.74 Å². The molecule has 3 nitrogen and oxygen atoms in total. The lowest BCUT2D eigenvalue weighted by atomic mass is 9.88. The van der Waals surface area contributed by atoms with Crippen LogP contribution in [0.15, 0.2) is 54.6 Å². The van der Waals surface area contributed by atoms with Crippen molar-refractivity contribution >= 4 is 5.97 Å². The molecule has 3 heteroatoms. The highest BCUT2D eigenvalue weighted by Gasteiger charge is 2.48. The second kappa shape index (κ2) is 3.43. The van der Waals surface area contributed by atoms with Crippen LogP contribution in [0.5, 0.6) is 5.75 Å². The first-order valence-corrected chi connectivity index (χ1v) is 5.32. The van der Waals surface area contributed by atoms with E-state index in [1.807, 2.05) is 6.07 Å². The molecule has 17 heavy (non-hydrogen) atoms. The summed E-state index contributed by atoms with van der Waals surface area (Å²) in [4.78, 5) is 11.9. The number of para-hydroxylation sites is 1. The topological polar surface area (TPSA) is 46.5 Å². The van der Waals surface area contributed by atoms with Gasteiger partial charge in [-0.2, -0.15) is 0 Å². The van der Waals surface area contributed by atoms with Crippen molar-refractivity contribution in [3.05, 3.63) is 65.7 Å². The predicted octanol–water partition coefficient (Wildman–Crippen LogP) is 1.84. The zero-order valence-corrected chi connectivity index (χ0v) is 8.96. The maximum absolute atomic E-state index is 11.9. The van der Waals surface area contributed by atoms with Gasteiger partial charge in [0.1, 0.15) is 5.75 Å². The molecular formula is C14H10O3. The minimum absolute atomic E-state index is 0.420. The van der Waals surface area contributed by atoms with E-state index in [-0.39, 0.29) is 0 Å². The Morgan fingerprint density at radius 3 is 2.35 bits per heavy atom. The highest BCUT2D eigenvalue weighted by Crippen LogP contribution is 2.41. The van der Waals surface area contributed by atoms with E-state index in [9.17, 15) is 9.90 Å². The summed E-state index contributed by atoms with van der Waals surface area (Å²) in [7, 11) is 0. The Kier molecular flexibility index (Phi) is 2.03. The van der Waals surface area contributed by atoms with Crippen LogP contribution >= 0.6 is 0 Å². The molecule has 0 saturated carbocycles. The van der Waals surface area contributed by atoms with Gasteiger partial charge in [0, 0.05) is 5.56 Å². The maximum atomic E-state index is 11.9. The Balaban J connectivity index is 2.24. The number of hydrogen-bond acceptors (Lipinski definition) is 3. The van der Waals surface area contributed by atoms with Crippen LogP contribution in [0.1, 0.15) is 11.1 Å². The number of esters is 1. The van der Waals surface area contributed by atoms with Crippen LogP contribution in [-0.2, 0) is 10.4 Å². The summed E-state index contributed by atoms with van der Waals surface area (Å²) in [5.74, 6) is -0.228. The Bertz CT molecular complexity index is 577. The van der Waals surface area contributed by atoms with Crippen LogP contribution < -0.4 is 4.74 Å². The van der Waals surface area contributed by atoms with Crippen molar-refractivity contribution in [3.63, 3.8) is 0 Å². The lowest BCUT2D eigenvalue weighted by molar-refractivity contribution is -0.147. The summed E-state index contributed by atoms with van der Waals surface area (Å²) in [6.07, 6.45) is 0. The Hall–Kier alpha value is -2.13. The molecule has 0 aromatic heterocycles. The van der Waals surface area contributed by atoms with Gasteiger partial charge >= 0.3 is 5.97 Å². The molecule has 0 amide bonds. The van der Waals surface area contributed by atoms with Crippen LogP contribution in [0.4, 0.5) is 0 Å². The summed E-state index contributed by atoms with van der Waals surface area (Å²) in [5.41, 5.74) is -0.663. The number of rotatable bonds is 1.